The molecule has 3 rings (SSSR count). The van der Waals surface area contributed by atoms with Gasteiger partial charge in [0, 0.05) is 23.6 Å². The number of halogens is 2. The number of fused-ring (bicyclic) bond motifs is 1. The highest BCUT2D eigenvalue weighted by Crippen LogP contribution is 2.45. The number of allylic oxidation sites excluding steroid dienone is 3. The van der Waals surface area contributed by atoms with Gasteiger partial charge in [-0.25, -0.2) is 4.39 Å². The van der Waals surface area contributed by atoms with Gasteiger partial charge in [-0.3, -0.25) is 0 Å². The summed E-state index contributed by atoms with van der Waals surface area (Å²) < 4.78 is 14.5. The first kappa shape index (κ1) is 18.5. The zero-order valence-corrected chi connectivity index (χ0v) is 15.6. The Bertz CT molecular complexity index is 672. The zero-order valence-electron chi connectivity index (χ0n) is 14.9. The van der Waals surface area contributed by atoms with Gasteiger partial charge in [0.1, 0.15) is 5.82 Å². The van der Waals surface area contributed by atoms with E-state index in [0.717, 1.165) is 24.8 Å². The monoisotopic (exact) mass is 363 g/mol. The molecule has 0 aromatic heterocycles. The maximum Gasteiger partial charge on any atom is 0.148 e. The van der Waals surface area contributed by atoms with E-state index in [0.29, 0.717) is 22.5 Å². The lowest BCUT2D eigenvalue weighted by atomic mass is 9.70. The van der Waals surface area contributed by atoms with E-state index >= 15 is 0 Å². The number of anilines is 1. The molecule has 1 aliphatic carbocycles. The van der Waals surface area contributed by atoms with Crippen molar-refractivity contribution in [3.8, 4) is 0 Å². The molecule has 1 heterocycles. The first-order chi connectivity index (χ1) is 12.0. The van der Waals surface area contributed by atoms with Crippen LogP contribution in [0.25, 0.3) is 0 Å². The molecule has 0 saturated carbocycles. The number of rotatable bonds is 5. The highest BCUT2D eigenvalue weighted by atomic mass is 35.5. The van der Waals surface area contributed by atoms with Gasteiger partial charge in [-0.2, -0.15) is 0 Å². The van der Waals surface area contributed by atoms with E-state index in [9.17, 15) is 9.50 Å². The standard InChI is InChI=1S/C21H27ClFNO/c1-13(12-25)8-9-17-14(2)18-10-16(22)11-19(23)21(18)24-20(17)15-6-4-3-5-7-15/h3-6,10-11,13-15,17,20,24-25H,7-9,12H2,1-2H3/t13-,14?,15?,17-,20+/m1/s1. The van der Waals surface area contributed by atoms with Crippen LogP contribution in [0.2, 0.25) is 5.02 Å². The molecule has 0 spiro atoms. The Kier molecular flexibility index (Phi) is 5.85. The normalized spacial score (nSPS) is 29.2. The Hall–Kier alpha value is -1.32. The van der Waals surface area contributed by atoms with Crippen LogP contribution in [0.3, 0.4) is 0 Å². The van der Waals surface area contributed by atoms with Crippen LogP contribution in [0.15, 0.2) is 36.4 Å². The van der Waals surface area contributed by atoms with E-state index in [-0.39, 0.29) is 30.3 Å². The average Bonchev–Trinajstić information content (AvgIpc) is 2.61. The maximum atomic E-state index is 14.5. The number of hydrogen-bond acceptors (Lipinski definition) is 2. The van der Waals surface area contributed by atoms with Crippen LogP contribution >= 0.6 is 11.6 Å². The van der Waals surface area contributed by atoms with Crippen LogP contribution in [0, 0.1) is 23.6 Å². The third kappa shape index (κ3) is 3.93. The summed E-state index contributed by atoms with van der Waals surface area (Å²) in [5.41, 5.74) is 1.58. The minimum atomic E-state index is -0.267. The first-order valence-electron chi connectivity index (χ1n) is 9.21. The van der Waals surface area contributed by atoms with Gasteiger partial charge in [0.15, 0.2) is 0 Å². The molecule has 0 amide bonds. The molecular formula is C21H27ClFNO. The van der Waals surface area contributed by atoms with Crippen molar-refractivity contribution in [2.75, 3.05) is 11.9 Å². The summed E-state index contributed by atoms with van der Waals surface area (Å²) in [7, 11) is 0. The smallest absolute Gasteiger partial charge is 0.148 e. The van der Waals surface area contributed by atoms with Crippen LogP contribution in [0.1, 0.15) is 44.6 Å². The van der Waals surface area contributed by atoms with Crippen molar-refractivity contribution in [1.29, 1.82) is 0 Å². The number of nitrogens with one attached hydrogen (secondary N) is 1. The minimum Gasteiger partial charge on any atom is -0.396 e. The van der Waals surface area contributed by atoms with Crippen molar-refractivity contribution in [3.05, 3.63) is 52.8 Å². The topological polar surface area (TPSA) is 32.3 Å². The molecule has 2 nitrogen and oxygen atoms in total. The Morgan fingerprint density at radius 1 is 1.36 bits per heavy atom. The molecule has 1 aromatic rings. The lowest BCUT2D eigenvalue weighted by Crippen LogP contribution is -2.42. The van der Waals surface area contributed by atoms with E-state index in [4.69, 9.17) is 11.6 Å². The second-order valence-corrected chi connectivity index (χ2v) is 7.99. The molecule has 1 aromatic carbocycles. The van der Waals surface area contributed by atoms with Gasteiger partial charge in [-0.05, 0) is 54.7 Å². The molecule has 5 atom stereocenters. The predicted molar refractivity (Wildman–Crippen MR) is 103 cm³/mol. The van der Waals surface area contributed by atoms with Crippen LogP contribution in [-0.2, 0) is 0 Å². The van der Waals surface area contributed by atoms with Gasteiger partial charge < -0.3 is 10.4 Å². The Balaban J connectivity index is 1.92. The lowest BCUT2D eigenvalue weighted by Gasteiger charge is -2.43. The van der Waals surface area contributed by atoms with Gasteiger partial charge in [-0.15, -0.1) is 0 Å². The Morgan fingerprint density at radius 3 is 2.84 bits per heavy atom. The fraction of sp³-hybridized carbons (Fsp3) is 0.524. The quantitative estimate of drug-likeness (QED) is 0.720. The molecule has 2 unspecified atom stereocenters. The molecule has 0 radical (unpaired) electrons. The van der Waals surface area contributed by atoms with Gasteiger partial charge >= 0.3 is 0 Å². The van der Waals surface area contributed by atoms with Crippen LogP contribution in [0.5, 0.6) is 0 Å². The summed E-state index contributed by atoms with van der Waals surface area (Å²) in [6.45, 7) is 4.46. The fourth-order valence-corrected chi connectivity index (χ4v) is 4.42. The molecule has 2 aliphatic rings. The third-order valence-electron chi connectivity index (χ3n) is 5.77. The molecule has 1 aliphatic heterocycles. The molecule has 25 heavy (non-hydrogen) atoms. The van der Waals surface area contributed by atoms with Crippen molar-refractivity contribution in [1.82, 2.24) is 0 Å². The number of benzene rings is 1. The molecule has 0 saturated heterocycles. The van der Waals surface area contributed by atoms with Gasteiger partial charge in [0.05, 0.1) is 5.69 Å². The van der Waals surface area contributed by atoms with Crippen LogP contribution in [-0.4, -0.2) is 17.8 Å². The number of hydrogen-bond donors (Lipinski definition) is 2. The molecule has 2 N–H and O–H groups in total. The summed E-state index contributed by atoms with van der Waals surface area (Å²) in [5.74, 6) is 0.967. The molecular weight excluding hydrogens is 337 g/mol. The third-order valence-corrected chi connectivity index (χ3v) is 5.99. The zero-order chi connectivity index (χ0) is 18.0. The van der Waals surface area contributed by atoms with Gasteiger partial charge in [-0.1, -0.05) is 49.8 Å². The summed E-state index contributed by atoms with van der Waals surface area (Å²) in [4.78, 5) is 0. The van der Waals surface area contributed by atoms with Crippen molar-refractivity contribution in [2.45, 2.75) is 45.1 Å². The van der Waals surface area contributed by atoms with E-state index in [1.165, 1.54) is 6.07 Å². The van der Waals surface area contributed by atoms with E-state index < -0.39 is 0 Å². The molecule has 0 bridgehead atoms. The van der Waals surface area contributed by atoms with Gasteiger partial charge in [0.2, 0.25) is 0 Å². The summed E-state index contributed by atoms with van der Waals surface area (Å²) in [6.07, 6.45) is 11.5. The highest BCUT2D eigenvalue weighted by Gasteiger charge is 2.38. The Morgan fingerprint density at radius 2 is 2.16 bits per heavy atom. The Labute approximate surface area is 154 Å². The van der Waals surface area contributed by atoms with Crippen molar-refractivity contribution in [2.24, 2.45) is 17.8 Å². The first-order valence-corrected chi connectivity index (χ1v) is 9.58. The summed E-state index contributed by atoms with van der Waals surface area (Å²) >= 11 is 6.11. The summed E-state index contributed by atoms with van der Waals surface area (Å²) in [6, 6.07) is 3.47. The van der Waals surface area contributed by atoms with Crippen molar-refractivity contribution < 1.29 is 9.50 Å². The van der Waals surface area contributed by atoms with Crippen LogP contribution in [0.4, 0.5) is 10.1 Å². The van der Waals surface area contributed by atoms with Crippen LogP contribution < -0.4 is 5.32 Å². The number of aliphatic hydroxyl groups is 1. The van der Waals surface area contributed by atoms with Crippen molar-refractivity contribution in [3.63, 3.8) is 0 Å². The summed E-state index contributed by atoms with van der Waals surface area (Å²) in [5, 5.41) is 13.3. The van der Waals surface area contributed by atoms with E-state index in [1.807, 2.05) is 6.07 Å². The number of aliphatic hydroxyl groups excluding tert-OH is 1. The fourth-order valence-electron chi connectivity index (χ4n) is 4.21. The minimum absolute atomic E-state index is 0.185. The second kappa shape index (κ2) is 7.92. The molecule has 0 fully saturated rings. The molecule has 4 heteroatoms. The van der Waals surface area contributed by atoms with Gasteiger partial charge in [0.25, 0.3) is 0 Å². The largest absolute Gasteiger partial charge is 0.396 e. The lowest BCUT2D eigenvalue weighted by molar-refractivity contribution is 0.208. The average molecular weight is 364 g/mol. The predicted octanol–water partition coefficient (Wildman–Crippen LogP) is 5.53. The molecule has 136 valence electrons. The van der Waals surface area contributed by atoms with Crippen molar-refractivity contribution >= 4 is 17.3 Å². The SMILES string of the molecule is CC1c2cc(Cl)cc(F)c2N[C@@H](C2C=CC=CC2)[C@@H]1CC[C@@H](C)CO. The maximum absolute atomic E-state index is 14.5. The highest BCUT2D eigenvalue weighted by molar-refractivity contribution is 6.30. The van der Waals surface area contributed by atoms with E-state index in [1.54, 1.807) is 0 Å². The second-order valence-electron chi connectivity index (χ2n) is 7.55. The van der Waals surface area contributed by atoms with E-state index in [2.05, 4.69) is 43.5 Å².